The van der Waals surface area contributed by atoms with Crippen LogP contribution in [-0.4, -0.2) is 21.0 Å². The Labute approximate surface area is 105 Å². The number of carboxylic acids is 1. The molecule has 0 radical (unpaired) electrons. The third-order valence-electron chi connectivity index (χ3n) is 2.42. The summed E-state index contributed by atoms with van der Waals surface area (Å²) in [6.07, 6.45) is 3.40. The molecule has 1 aromatic carbocycles. The molecule has 0 saturated heterocycles. The molecular formula is C13H13N3O2. The summed E-state index contributed by atoms with van der Waals surface area (Å²) >= 11 is 0. The third-order valence-corrected chi connectivity index (χ3v) is 2.42. The van der Waals surface area contributed by atoms with Crippen LogP contribution in [0.4, 0.5) is 5.69 Å². The van der Waals surface area contributed by atoms with Gasteiger partial charge in [0.25, 0.3) is 0 Å². The van der Waals surface area contributed by atoms with Gasteiger partial charge >= 0.3 is 5.97 Å². The van der Waals surface area contributed by atoms with E-state index in [-0.39, 0.29) is 5.56 Å². The summed E-state index contributed by atoms with van der Waals surface area (Å²) in [4.78, 5) is 19.2. The first-order valence-electron chi connectivity index (χ1n) is 5.50. The maximum atomic E-state index is 10.8. The van der Waals surface area contributed by atoms with Crippen LogP contribution in [0.25, 0.3) is 0 Å². The molecule has 0 aliphatic heterocycles. The molecule has 92 valence electrons. The summed E-state index contributed by atoms with van der Waals surface area (Å²) in [5, 5.41) is 12.0. The molecule has 2 N–H and O–H groups in total. The summed E-state index contributed by atoms with van der Waals surface area (Å²) in [7, 11) is 0. The number of carboxylic acid groups (broad SMARTS) is 1. The largest absolute Gasteiger partial charge is 0.478 e. The van der Waals surface area contributed by atoms with Crippen LogP contribution in [0.3, 0.4) is 0 Å². The lowest BCUT2D eigenvalue weighted by molar-refractivity contribution is 0.0697. The molecule has 1 heterocycles. The molecule has 5 nitrogen and oxygen atoms in total. The number of rotatable bonds is 4. The summed E-state index contributed by atoms with van der Waals surface area (Å²) in [5.41, 5.74) is 2.68. The van der Waals surface area contributed by atoms with Crippen molar-refractivity contribution in [3.05, 3.63) is 53.6 Å². The van der Waals surface area contributed by atoms with Gasteiger partial charge in [-0.2, -0.15) is 0 Å². The van der Waals surface area contributed by atoms with Crippen molar-refractivity contribution in [2.24, 2.45) is 0 Å². The molecule has 2 aromatic rings. The predicted molar refractivity (Wildman–Crippen MR) is 67.5 cm³/mol. The molecule has 0 spiro atoms. The van der Waals surface area contributed by atoms with Gasteiger partial charge in [-0.05, 0) is 25.1 Å². The summed E-state index contributed by atoms with van der Waals surface area (Å²) in [5.74, 6) is -0.936. The van der Waals surface area contributed by atoms with Crippen LogP contribution in [-0.2, 0) is 6.54 Å². The van der Waals surface area contributed by atoms with Gasteiger partial charge in [-0.1, -0.05) is 6.07 Å². The van der Waals surface area contributed by atoms with Crippen LogP contribution in [0.2, 0.25) is 0 Å². The number of nitrogens with zero attached hydrogens (tertiary/aromatic N) is 2. The van der Waals surface area contributed by atoms with E-state index in [1.165, 1.54) is 0 Å². The average molecular weight is 243 g/mol. The van der Waals surface area contributed by atoms with Gasteiger partial charge in [-0.3, -0.25) is 9.97 Å². The third kappa shape index (κ3) is 3.04. The molecule has 1 aromatic heterocycles. The van der Waals surface area contributed by atoms with E-state index in [4.69, 9.17) is 5.11 Å². The zero-order valence-corrected chi connectivity index (χ0v) is 9.92. The van der Waals surface area contributed by atoms with Crippen LogP contribution >= 0.6 is 0 Å². The van der Waals surface area contributed by atoms with Gasteiger partial charge in [-0.25, -0.2) is 4.79 Å². The topological polar surface area (TPSA) is 75.1 Å². The monoisotopic (exact) mass is 243 g/mol. The molecule has 0 aliphatic rings. The molecule has 0 saturated carbocycles. The lowest BCUT2D eigenvalue weighted by Crippen LogP contribution is -2.04. The van der Waals surface area contributed by atoms with Crippen molar-refractivity contribution in [2.45, 2.75) is 13.5 Å². The minimum absolute atomic E-state index is 0.259. The van der Waals surface area contributed by atoms with Crippen LogP contribution in [0.1, 0.15) is 21.7 Å². The standard InChI is InChI=1S/C13H13N3O2/c1-9-6-15-12(7-14-9)8-16-11-4-2-3-10(5-11)13(17)18/h2-7,16H,8H2,1H3,(H,17,18). The number of aromatic nitrogens is 2. The van der Waals surface area contributed by atoms with E-state index in [1.54, 1.807) is 30.6 Å². The second kappa shape index (κ2) is 5.27. The molecular weight excluding hydrogens is 230 g/mol. The summed E-state index contributed by atoms with van der Waals surface area (Å²) in [6, 6.07) is 6.66. The Morgan fingerprint density at radius 2 is 2.17 bits per heavy atom. The second-order valence-corrected chi connectivity index (χ2v) is 3.89. The van der Waals surface area contributed by atoms with Gasteiger partial charge in [-0.15, -0.1) is 0 Å². The fourth-order valence-corrected chi connectivity index (χ4v) is 1.47. The van der Waals surface area contributed by atoms with Crippen LogP contribution < -0.4 is 5.32 Å². The normalized spacial score (nSPS) is 10.1. The fraction of sp³-hybridized carbons (Fsp3) is 0.154. The first kappa shape index (κ1) is 12.0. The maximum absolute atomic E-state index is 10.8. The zero-order valence-electron chi connectivity index (χ0n) is 9.92. The molecule has 2 rings (SSSR count). The average Bonchev–Trinajstić information content (AvgIpc) is 2.38. The zero-order chi connectivity index (χ0) is 13.0. The Morgan fingerprint density at radius 3 is 2.83 bits per heavy atom. The van der Waals surface area contributed by atoms with Crippen LogP contribution in [0.15, 0.2) is 36.7 Å². The van der Waals surface area contributed by atoms with E-state index in [1.807, 2.05) is 13.0 Å². The van der Waals surface area contributed by atoms with Gasteiger partial charge in [0.05, 0.1) is 29.7 Å². The summed E-state index contributed by atoms with van der Waals surface area (Å²) < 4.78 is 0. The summed E-state index contributed by atoms with van der Waals surface area (Å²) in [6.45, 7) is 2.39. The number of hydrogen-bond acceptors (Lipinski definition) is 4. The number of aryl methyl sites for hydroxylation is 1. The van der Waals surface area contributed by atoms with Crippen molar-refractivity contribution >= 4 is 11.7 Å². The highest BCUT2D eigenvalue weighted by molar-refractivity contribution is 5.88. The van der Waals surface area contributed by atoms with Gasteiger partial charge in [0.1, 0.15) is 0 Å². The van der Waals surface area contributed by atoms with Gasteiger partial charge < -0.3 is 10.4 Å². The smallest absolute Gasteiger partial charge is 0.335 e. The minimum atomic E-state index is -0.936. The molecule has 0 fully saturated rings. The van der Waals surface area contributed by atoms with Gasteiger partial charge in [0, 0.05) is 11.9 Å². The minimum Gasteiger partial charge on any atom is -0.478 e. The van der Waals surface area contributed by atoms with Crippen LogP contribution in [0.5, 0.6) is 0 Å². The Balaban J connectivity index is 2.04. The van der Waals surface area contributed by atoms with Crippen molar-refractivity contribution in [2.75, 3.05) is 5.32 Å². The van der Waals surface area contributed by atoms with Gasteiger partial charge in [0.15, 0.2) is 0 Å². The SMILES string of the molecule is Cc1cnc(CNc2cccc(C(=O)O)c2)cn1. The van der Waals surface area contributed by atoms with E-state index in [9.17, 15) is 4.79 Å². The van der Waals surface area contributed by atoms with Crippen molar-refractivity contribution in [3.63, 3.8) is 0 Å². The lowest BCUT2D eigenvalue weighted by Gasteiger charge is -2.06. The number of carbonyl (C=O) groups is 1. The highest BCUT2D eigenvalue weighted by Gasteiger charge is 2.03. The quantitative estimate of drug-likeness (QED) is 0.860. The van der Waals surface area contributed by atoms with E-state index in [0.717, 1.165) is 17.1 Å². The Kier molecular flexibility index (Phi) is 3.52. The molecule has 0 atom stereocenters. The van der Waals surface area contributed by atoms with E-state index in [0.29, 0.717) is 6.54 Å². The van der Waals surface area contributed by atoms with E-state index < -0.39 is 5.97 Å². The van der Waals surface area contributed by atoms with Crippen molar-refractivity contribution in [1.82, 2.24) is 9.97 Å². The number of aromatic carboxylic acids is 1. The first-order valence-corrected chi connectivity index (χ1v) is 5.50. The van der Waals surface area contributed by atoms with Gasteiger partial charge in [0.2, 0.25) is 0 Å². The highest BCUT2D eigenvalue weighted by atomic mass is 16.4. The number of anilines is 1. The molecule has 0 amide bonds. The number of hydrogen-bond donors (Lipinski definition) is 2. The number of benzene rings is 1. The first-order chi connectivity index (χ1) is 8.65. The number of nitrogens with one attached hydrogen (secondary N) is 1. The van der Waals surface area contributed by atoms with E-state index >= 15 is 0 Å². The second-order valence-electron chi connectivity index (χ2n) is 3.89. The Bertz CT molecular complexity index is 552. The van der Waals surface area contributed by atoms with Crippen molar-refractivity contribution < 1.29 is 9.90 Å². The molecule has 0 unspecified atom stereocenters. The van der Waals surface area contributed by atoms with Crippen molar-refractivity contribution in [3.8, 4) is 0 Å². The molecule has 0 bridgehead atoms. The molecule has 0 aliphatic carbocycles. The molecule has 5 heteroatoms. The maximum Gasteiger partial charge on any atom is 0.335 e. The van der Waals surface area contributed by atoms with Crippen molar-refractivity contribution in [1.29, 1.82) is 0 Å². The fourth-order valence-electron chi connectivity index (χ4n) is 1.47. The molecule has 18 heavy (non-hydrogen) atoms. The van der Waals surface area contributed by atoms with E-state index in [2.05, 4.69) is 15.3 Å². The highest BCUT2D eigenvalue weighted by Crippen LogP contribution is 2.11. The van der Waals surface area contributed by atoms with Crippen LogP contribution in [0, 0.1) is 6.92 Å². The Morgan fingerprint density at radius 1 is 1.33 bits per heavy atom. The Hall–Kier alpha value is -2.43. The lowest BCUT2D eigenvalue weighted by atomic mass is 10.2. The predicted octanol–water partition coefficient (Wildman–Crippen LogP) is 2.10.